The molecule has 0 N–H and O–H groups in total. The molecule has 0 saturated carbocycles. The van der Waals surface area contributed by atoms with Crippen molar-refractivity contribution in [3.05, 3.63) is 12.2 Å². The van der Waals surface area contributed by atoms with Crippen molar-refractivity contribution in [3.8, 4) is 0 Å². The molecule has 0 fully saturated rings. The zero-order valence-corrected chi connectivity index (χ0v) is 7.39. The molecule has 58 valence electrons. The largest absolute Gasteiger partial charge is 0.300 e. The Balaban J connectivity index is 4.22. The van der Waals surface area contributed by atoms with Gasteiger partial charge in [-0.05, 0) is 13.3 Å². The van der Waals surface area contributed by atoms with E-state index >= 15 is 0 Å². The van der Waals surface area contributed by atoms with Gasteiger partial charge in [0.2, 0.25) is 0 Å². The number of hydrogen-bond donors (Lipinski definition) is 0. The molecule has 0 bridgehead atoms. The molecule has 1 nitrogen and oxygen atoms in total. The molecule has 0 heterocycles. The predicted octanol–water partition coefficient (Wildman–Crippen LogP) is 2.68. The summed E-state index contributed by atoms with van der Waals surface area (Å²) in [7, 11) is 1.82. The maximum atomic E-state index is 4.02. The number of nitrogens with zero attached hydrogens (tertiary/aromatic N) is 1. The van der Waals surface area contributed by atoms with Crippen molar-refractivity contribution in [3.63, 3.8) is 0 Å². The summed E-state index contributed by atoms with van der Waals surface area (Å²) in [5.74, 6) is 0. The van der Waals surface area contributed by atoms with Crippen LogP contribution < -0.4 is 0 Å². The van der Waals surface area contributed by atoms with Gasteiger partial charge in [0, 0.05) is 18.7 Å². The Labute approximate surface area is 63.9 Å². The monoisotopic (exact) mass is 139 g/mol. The van der Waals surface area contributed by atoms with Crippen LogP contribution in [0.4, 0.5) is 0 Å². The summed E-state index contributed by atoms with van der Waals surface area (Å²) in [5, 5.41) is 0. The lowest BCUT2D eigenvalue weighted by Crippen LogP contribution is -2.12. The Morgan fingerprint density at radius 3 is 2.40 bits per heavy atom. The van der Waals surface area contributed by atoms with Crippen LogP contribution >= 0.6 is 0 Å². The normalized spacial score (nSPS) is 18.4. The van der Waals surface area contributed by atoms with Crippen LogP contribution in [0.15, 0.2) is 17.1 Å². The highest BCUT2D eigenvalue weighted by Crippen LogP contribution is 2.19. The Bertz CT molecular complexity index is 122. The minimum absolute atomic E-state index is 0.170. The molecule has 0 radical (unpaired) electrons. The summed E-state index contributed by atoms with van der Waals surface area (Å²) in [4.78, 5) is 4.02. The van der Waals surface area contributed by atoms with Gasteiger partial charge in [-0.2, -0.15) is 0 Å². The molecule has 0 amide bonds. The average molecular weight is 139 g/mol. The van der Waals surface area contributed by atoms with Gasteiger partial charge < -0.3 is 0 Å². The lowest BCUT2D eigenvalue weighted by molar-refractivity contribution is 0.585. The first-order chi connectivity index (χ1) is 4.68. The van der Waals surface area contributed by atoms with E-state index in [0.29, 0.717) is 0 Å². The van der Waals surface area contributed by atoms with E-state index in [4.69, 9.17) is 0 Å². The summed E-state index contributed by atoms with van der Waals surface area (Å²) < 4.78 is 0. The van der Waals surface area contributed by atoms with Crippen molar-refractivity contribution in [1.82, 2.24) is 0 Å². The van der Waals surface area contributed by atoms with E-state index in [2.05, 4.69) is 31.0 Å². The van der Waals surface area contributed by atoms with Crippen LogP contribution in [0.25, 0.3) is 0 Å². The van der Waals surface area contributed by atoms with E-state index in [9.17, 15) is 0 Å². The first kappa shape index (κ1) is 9.41. The molecule has 0 rings (SSSR count). The van der Waals surface area contributed by atoms with Gasteiger partial charge in [-0.25, -0.2) is 0 Å². The van der Waals surface area contributed by atoms with Gasteiger partial charge in [0.1, 0.15) is 0 Å². The zero-order valence-electron chi connectivity index (χ0n) is 7.39. The van der Waals surface area contributed by atoms with Gasteiger partial charge in [-0.15, -0.1) is 0 Å². The lowest BCUT2D eigenvalue weighted by Gasteiger charge is -2.17. The second-order valence-corrected chi connectivity index (χ2v) is 2.75. The highest BCUT2D eigenvalue weighted by Gasteiger charge is 2.13. The summed E-state index contributed by atoms with van der Waals surface area (Å²) in [6, 6.07) is 0. The van der Waals surface area contributed by atoms with Crippen LogP contribution in [0.3, 0.4) is 0 Å². The highest BCUT2D eigenvalue weighted by atomic mass is 14.6. The fourth-order valence-corrected chi connectivity index (χ4v) is 0.928. The van der Waals surface area contributed by atoms with Crippen LogP contribution in [-0.4, -0.2) is 13.3 Å². The molecular formula is C9H17N. The van der Waals surface area contributed by atoms with Crippen LogP contribution in [0.5, 0.6) is 0 Å². The fraction of sp³-hybridized carbons (Fsp3) is 0.667. The third-order valence-electron chi connectivity index (χ3n) is 1.73. The van der Waals surface area contributed by atoms with Gasteiger partial charge in [0.15, 0.2) is 0 Å². The third-order valence-corrected chi connectivity index (χ3v) is 1.73. The first-order valence-electron chi connectivity index (χ1n) is 3.75. The highest BCUT2D eigenvalue weighted by molar-refractivity contribution is 5.67. The molecule has 0 aromatic heterocycles. The van der Waals surface area contributed by atoms with Crippen LogP contribution in [-0.2, 0) is 0 Å². The molecule has 0 aromatic rings. The lowest BCUT2D eigenvalue weighted by atomic mass is 9.89. The number of aliphatic imine (C=N–C) groups is 1. The quantitative estimate of drug-likeness (QED) is 0.421. The van der Waals surface area contributed by atoms with Crippen molar-refractivity contribution in [1.29, 1.82) is 0 Å². The minimum atomic E-state index is 0.170. The fourth-order valence-electron chi connectivity index (χ4n) is 0.928. The zero-order chi connectivity index (χ0) is 8.04. The molecule has 0 aliphatic heterocycles. The number of hydrogen-bond acceptors (Lipinski definition) is 1. The molecule has 0 aromatic carbocycles. The van der Waals surface area contributed by atoms with Gasteiger partial charge in [-0.1, -0.05) is 26.0 Å². The molecule has 1 atom stereocenters. The summed E-state index contributed by atoms with van der Waals surface area (Å²) >= 11 is 0. The van der Waals surface area contributed by atoms with E-state index in [1.54, 1.807) is 0 Å². The number of rotatable bonds is 3. The van der Waals surface area contributed by atoms with Crippen molar-refractivity contribution in [2.75, 3.05) is 7.05 Å². The second kappa shape index (κ2) is 4.26. The summed E-state index contributed by atoms with van der Waals surface area (Å²) in [6.07, 6.45) is 7.35. The van der Waals surface area contributed by atoms with E-state index in [-0.39, 0.29) is 5.41 Å². The summed E-state index contributed by atoms with van der Waals surface area (Å²) in [5.41, 5.74) is 0.170. The van der Waals surface area contributed by atoms with Crippen molar-refractivity contribution in [2.24, 2.45) is 10.4 Å². The molecule has 1 unspecified atom stereocenters. The molecule has 0 saturated heterocycles. The van der Waals surface area contributed by atoms with Crippen LogP contribution in [0, 0.1) is 5.41 Å². The first-order valence-corrected chi connectivity index (χ1v) is 3.75. The molecular weight excluding hydrogens is 122 g/mol. The topological polar surface area (TPSA) is 12.4 Å². The van der Waals surface area contributed by atoms with Gasteiger partial charge in [-0.3, -0.25) is 4.99 Å². The minimum Gasteiger partial charge on any atom is -0.300 e. The van der Waals surface area contributed by atoms with Crippen LogP contribution in [0.2, 0.25) is 0 Å². The summed E-state index contributed by atoms with van der Waals surface area (Å²) in [6.45, 7) is 6.39. The Morgan fingerprint density at radius 2 is 2.10 bits per heavy atom. The Hall–Kier alpha value is -0.590. The molecule has 0 aliphatic rings. The van der Waals surface area contributed by atoms with Crippen molar-refractivity contribution in [2.45, 2.75) is 27.2 Å². The predicted molar refractivity (Wildman–Crippen MR) is 47.6 cm³/mol. The van der Waals surface area contributed by atoms with Gasteiger partial charge in [0.25, 0.3) is 0 Å². The Kier molecular flexibility index (Phi) is 4.01. The third kappa shape index (κ3) is 2.81. The smallest absolute Gasteiger partial charge is 0.0273 e. The second-order valence-electron chi connectivity index (χ2n) is 2.75. The van der Waals surface area contributed by atoms with E-state index in [1.165, 1.54) is 0 Å². The molecule has 10 heavy (non-hydrogen) atoms. The maximum Gasteiger partial charge on any atom is 0.0273 e. The van der Waals surface area contributed by atoms with Crippen molar-refractivity contribution < 1.29 is 0 Å². The van der Waals surface area contributed by atoms with Crippen molar-refractivity contribution >= 4 is 6.21 Å². The molecule has 0 aliphatic carbocycles. The average Bonchev–Trinajstić information content (AvgIpc) is 1.89. The Morgan fingerprint density at radius 1 is 1.50 bits per heavy atom. The van der Waals surface area contributed by atoms with Gasteiger partial charge >= 0.3 is 0 Å². The maximum absolute atomic E-state index is 4.02. The van der Waals surface area contributed by atoms with E-state index in [0.717, 1.165) is 6.42 Å². The number of allylic oxidation sites excluding steroid dienone is 2. The molecule has 1 heteroatoms. The SMILES string of the molecule is CC=CC(C)(C=NC)CC. The van der Waals surface area contributed by atoms with E-state index in [1.807, 2.05) is 20.2 Å². The van der Waals surface area contributed by atoms with Crippen LogP contribution in [0.1, 0.15) is 27.2 Å². The van der Waals surface area contributed by atoms with Gasteiger partial charge in [0.05, 0.1) is 0 Å². The molecule has 0 spiro atoms. The van der Waals surface area contributed by atoms with E-state index < -0.39 is 0 Å². The standard InChI is InChI=1S/C9H17N/c1-5-7-9(3,6-2)8-10-4/h5,7-8H,6H2,1-4H3.